The Morgan fingerprint density at radius 3 is 2.86 bits per heavy atom. The van der Waals surface area contributed by atoms with Gasteiger partial charge in [-0.2, -0.15) is 0 Å². The van der Waals surface area contributed by atoms with Crippen LogP contribution in [0.15, 0.2) is 18.2 Å². The van der Waals surface area contributed by atoms with Gasteiger partial charge in [0.05, 0.1) is 17.8 Å². The number of carboxylic acid groups (broad SMARTS) is 1. The Bertz CT molecular complexity index is 528. The average molecular weight is 295 g/mol. The predicted octanol–water partition coefficient (Wildman–Crippen LogP) is 0.758. The first-order valence-corrected chi connectivity index (χ1v) is 6.82. The molecule has 6 nitrogen and oxygen atoms in total. The maximum Gasteiger partial charge on any atom is 0.335 e. The van der Waals surface area contributed by atoms with E-state index in [9.17, 15) is 14.0 Å². The summed E-state index contributed by atoms with van der Waals surface area (Å²) in [7, 11) is 0. The van der Waals surface area contributed by atoms with E-state index in [1.165, 1.54) is 12.1 Å². The number of hydrogen-bond donors (Lipinski definition) is 3. The van der Waals surface area contributed by atoms with Crippen molar-refractivity contribution in [3.63, 3.8) is 0 Å². The summed E-state index contributed by atoms with van der Waals surface area (Å²) >= 11 is 0. The summed E-state index contributed by atoms with van der Waals surface area (Å²) in [6, 6.07) is 3.42. The highest BCUT2D eigenvalue weighted by Crippen LogP contribution is 2.16. The first-order chi connectivity index (χ1) is 10.1. The second kappa shape index (κ2) is 7.14. The zero-order valence-electron chi connectivity index (χ0n) is 11.6. The van der Waals surface area contributed by atoms with Crippen molar-refractivity contribution in [1.82, 2.24) is 10.2 Å². The summed E-state index contributed by atoms with van der Waals surface area (Å²) in [5.41, 5.74) is -0.151. The Balaban J connectivity index is 1.94. The van der Waals surface area contributed by atoms with Crippen molar-refractivity contribution in [2.75, 3.05) is 38.0 Å². The Labute approximate surface area is 121 Å². The largest absolute Gasteiger partial charge is 0.478 e. The highest BCUT2D eigenvalue weighted by molar-refractivity contribution is 5.93. The minimum absolute atomic E-state index is 0.00190. The van der Waals surface area contributed by atoms with Crippen LogP contribution < -0.4 is 10.6 Å². The smallest absolute Gasteiger partial charge is 0.335 e. The van der Waals surface area contributed by atoms with Crippen LogP contribution in [0.25, 0.3) is 0 Å². The molecule has 1 aliphatic heterocycles. The Morgan fingerprint density at radius 1 is 1.33 bits per heavy atom. The van der Waals surface area contributed by atoms with E-state index >= 15 is 0 Å². The molecule has 0 unspecified atom stereocenters. The van der Waals surface area contributed by atoms with Crippen molar-refractivity contribution < 1.29 is 19.1 Å². The predicted molar refractivity (Wildman–Crippen MR) is 75.9 cm³/mol. The van der Waals surface area contributed by atoms with Gasteiger partial charge in [0, 0.05) is 13.1 Å². The molecule has 1 fully saturated rings. The minimum Gasteiger partial charge on any atom is -0.478 e. The topological polar surface area (TPSA) is 81.7 Å². The quantitative estimate of drug-likeness (QED) is 0.764. The van der Waals surface area contributed by atoms with E-state index in [-0.39, 0.29) is 23.7 Å². The van der Waals surface area contributed by atoms with Gasteiger partial charge in [-0.15, -0.1) is 0 Å². The Kier molecular flexibility index (Phi) is 5.24. The average Bonchev–Trinajstić information content (AvgIpc) is 2.69. The van der Waals surface area contributed by atoms with Gasteiger partial charge in [0.1, 0.15) is 5.82 Å². The lowest BCUT2D eigenvalue weighted by Crippen LogP contribution is -2.35. The van der Waals surface area contributed by atoms with Crippen LogP contribution in [-0.4, -0.2) is 54.6 Å². The summed E-state index contributed by atoms with van der Waals surface area (Å²) in [6.07, 6.45) is 0.967. The highest BCUT2D eigenvalue weighted by atomic mass is 19.1. The van der Waals surface area contributed by atoms with Gasteiger partial charge in [0.25, 0.3) is 0 Å². The summed E-state index contributed by atoms with van der Waals surface area (Å²) in [4.78, 5) is 24.6. The number of amides is 1. The van der Waals surface area contributed by atoms with Crippen LogP contribution in [0.3, 0.4) is 0 Å². The third kappa shape index (κ3) is 4.51. The van der Waals surface area contributed by atoms with Crippen molar-refractivity contribution in [3.05, 3.63) is 29.6 Å². The zero-order valence-corrected chi connectivity index (χ0v) is 11.6. The molecule has 1 aromatic carbocycles. The molecule has 114 valence electrons. The molecule has 0 spiro atoms. The normalized spacial score (nSPS) is 16.2. The van der Waals surface area contributed by atoms with Gasteiger partial charge in [0.2, 0.25) is 5.91 Å². The summed E-state index contributed by atoms with van der Waals surface area (Å²) in [5.74, 6) is -2.26. The third-order valence-electron chi connectivity index (χ3n) is 3.29. The number of nitrogens with one attached hydrogen (secondary N) is 2. The molecule has 1 saturated heterocycles. The molecule has 1 amide bonds. The SMILES string of the molecule is O=C(CN1CCCNCC1)Nc1ccc(C(=O)O)cc1F. The number of rotatable bonds is 4. The molecular weight excluding hydrogens is 277 g/mol. The van der Waals surface area contributed by atoms with E-state index in [0.717, 1.165) is 38.7 Å². The summed E-state index contributed by atoms with van der Waals surface area (Å²) < 4.78 is 13.7. The fourth-order valence-corrected chi connectivity index (χ4v) is 2.20. The van der Waals surface area contributed by atoms with E-state index in [2.05, 4.69) is 10.6 Å². The minimum atomic E-state index is -1.20. The molecule has 0 aliphatic carbocycles. The maximum absolute atomic E-state index is 13.7. The van der Waals surface area contributed by atoms with Crippen molar-refractivity contribution in [2.45, 2.75) is 6.42 Å². The van der Waals surface area contributed by atoms with Crippen molar-refractivity contribution in [3.8, 4) is 0 Å². The van der Waals surface area contributed by atoms with E-state index in [1.807, 2.05) is 4.90 Å². The summed E-state index contributed by atoms with van der Waals surface area (Å²) in [5, 5.41) is 14.5. The molecule has 1 aliphatic rings. The lowest BCUT2D eigenvalue weighted by molar-refractivity contribution is -0.117. The first-order valence-electron chi connectivity index (χ1n) is 6.82. The number of carboxylic acids is 1. The molecule has 0 saturated carbocycles. The highest BCUT2D eigenvalue weighted by Gasteiger charge is 2.15. The van der Waals surface area contributed by atoms with Gasteiger partial charge in [-0.3, -0.25) is 9.69 Å². The molecule has 1 aromatic rings. The van der Waals surface area contributed by atoms with E-state index < -0.39 is 11.8 Å². The molecule has 0 atom stereocenters. The van der Waals surface area contributed by atoms with E-state index in [1.54, 1.807) is 0 Å². The van der Waals surface area contributed by atoms with Crippen molar-refractivity contribution in [2.24, 2.45) is 0 Å². The van der Waals surface area contributed by atoms with Crippen LogP contribution in [-0.2, 0) is 4.79 Å². The van der Waals surface area contributed by atoms with Gasteiger partial charge in [-0.25, -0.2) is 9.18 Å². The molecule has 3 N–H and O–H groups in total. The van der Waals surface area contributed by atoms with Crippen LogP contribution >= 0.6 is 0 Å². The first kappa shape index (κ1) is 15.4. The van der Waals surface area contributed by atoms with E-state index in [0.29, 0.717) is 0 Å². The van der Waals surface area contributed by atoms with Gasteiger partial charge in [-0.05, 0) is 37.7 Å². The molecular formula is C14H18FN3O3. The molecule has 0 bridgehead atoms. The molecule has 7 heteroatoms. The number of benzene rings is 1. The molecule has 0 aromatic heterocycles. The Morgan fingerprint density at radius 2 is 2.14 bits per heavy atom. The van der Waals surface area contributed by atoms with Gasteiger partial charge < -0.3 is 15.7 Å². The fourth-order valence-electron chi connectivity index (χ4n) is 2.20. The second-order valence-electron chi connectivity index (χ2n) is 4.93. The molecule has 2 rings (SSSR count). The van der Waals surface area contributed by atoms with Crippen LogP contribution in [0.2, 0.25) is 0 Å². The number of carbonyl (C=O) groups is 2. The number of anilines is 1. The number of nitrogens with zero attached hydrogens (tertiary/aromatic N) is 1. The third-order valence-corrected chi connectivity index (χ3v) is 3.29. The number of halogens is 1. The van der Waals surface area contributed by atoms with E-state index in [4.69, 9.17) is 5.11 Å². The van der Waals surface area contributed by atoms with Crippen LogP contribution in [0.4, 0.5) is 10.1 Å². The van der Waals surface area contributed by atoms with Gasteiger partial charge in [-0.1, -0.05) is 0 Å². The van der Waals surface area contributed by atoms with Crippen LogP contribution in [0, 0.1) is 5.82 Å². The fraction of sp³-hybridized carbons (Fsp3) is 0.429. The lowest BCUT2D eigenvalue weighted by atomic mass is 10.2. The number of carbonyl (C=O) groups excluding carboxylic acids is 1. The lowest BCUT2D eigenvalue weighted by Gasteiger charge is -2.18. The van der Waals surface area contributed by atoms with Crippen molar-refractivity contribution in [1.29, 1.82) is 0 Å². The number of aromatic carboxylic acids is 1. The van der Waals surface area contributed by atoms with Crippen LogP contribution in [0.5, 0.6) is 0 Å². The van der Waals surface area contributed by atoms with Crippen LogP contribution in [0.1, 0.15) is 16.8 Å². The van der Waals surface area contributed by atoms with Gasteiger partial charge in [0.15, 0.2) is 0 Å². The molecule has 21 heavy (non-hydrogen) atoms. The van der Waals surface area contributed by atoms with Crippen molar-refractivity contribution >= 4 is 17.6 Å². The second-order valence-corrected chi connectivity index (χ2v) is 4.93. The standard InChI is InChI=1S/C14H18FN3O3/c15-11-8-10(14(20)21)2-3-12(11)17-13(19)9-18-6-1-4-16-5-7-18/h2-3,8,16H,1,4-7,9H2,(H,17,19)(H,20,21). The molecule has 1 heterocycles. The Hall–Kier alpha value is -1.99. The zero-order chi connectivity index (χ0) is 15.2. The summed E-state index contributed by atoms with van der Waals surface area (Å²) in [6.45, 7) is 3.55. The molecule has 0 radical (unpaired) electrons. The monoisotopic (exact) mass is 295 g/mol. The number of hydrogen-bond acceptors (Lipinski definition) is 4. The maximum atomic E-state index is 13.7. The van der Waals surface area contributed by atoms with Gasteiger partial charge >= 0.3 is 5.97 Å².